The Balaban J connectivity index is 1.98. The topological polar surface area (TPSA) is 75.7 Å². The highest BCUT2D eigenvalue weighted by Gasteiger charge is 2.31. The summed E-state index contributed by atoms with van der Waals surface area (Å²) in [5.41, 5.74) is 2.75. The van der Waals surface area contributed by atoms with Crippen molar-refractivity contribution in [1.82, 2.24) is 4.90 Å². The number of aryl methyl sites for hydroxylation is 2. The van der Waals surface area contributed by atoms with Crippen LogP contribution in [0.25, 0.3) is 0 Å². The molecule has 1 atom stereocenters. The fourth-order valence-electron chi connectivity index (χ4n) is 2.76. The lowest BCUT2D eigenvalue weighted by Crippen LogP contribution is -2.47. The van der Waals surface area contributed by atoms with Gasteiger partial charge in [-0.3, -0.25) is 14.4 Å². The van der Waals surface area contributed by atoms with Crippen LogP contribution in [-0.4, -0.2) is 42.4 Å². The lowest BCUT2D eigenvalue weighted by Gasteiger charge is -2.31. The van der Waals surface area contributed by atoms with Crippen molar-refractivity contribution in [2.45, 2.75) is 33.6 Å². The first kappa shape index (κ1) is 18.0. The van der Waals surface area contributed by atoms with Crippen LogP contribution in [0.2, 0.25) is 0 Å². The summed E-state index contributed by atoms with van der Waals surface area (Å²) in [6.07, 6.45) is 1.37. The molecule has 1 N–H and O–H groups in total. The smallest absolute Gasteiger partial charge is 0.313 e. The molecule has 0 aliphatic carbocycles. The fraction of sp³-hybridized carbons (Fsp3) is 0.500. The Morgan fingerprint density at radius 1 is 1.25 bits per heavy atom. The van der Waals surface area contributed by atoms with Gasteiger partial charge < -0.3 is 15.0 Å². The highest BCUT2D eigenvalue weighted by Crippen LogP contribution is 2.19. The monoisotopic (exact) mass is 332 g/mol. The first-order chi connectivity index (χ1) is 11.4. The number of piperidine rings is 1. The molecule has 1 fully saturated rings. The van der Waals surface area contributed by atoms with E-state index in [9.17, 15) is 14.4 Å². The fourth-order valence-corrected chi connectivity index (χ4v) is 2.76. The van der Waals surface area contributed by atoms with E-state index in [1.165, 1.54) is 4.90 Å². The number of hydrogen-bond acceptors (Lipinski definition) is 4. The summed E-state index contributed by atoms with van der Waals surface area (Å²) in [5, 5.41) is 2.63. The molecule has 6 nitrogen and oxygen atoms in total. The van der Waals surface area contributed by atoms with Crippen LogP contribution in [-0.2, 0) is 19.1 Å². The van der Waals surface area contributed by atoms with Gasteiger partial charge in [0.15, 0.2) is 0 Å². The molecule has 1 heterocycles. The molecule has 130 valence electrons. The van der Waals surface area contributed by atoms with Crippen LogP contribution < -0.4 is 5.32 Å². The first-order valence-corrected chi connectivity index (χ1v) is 8.26. The quantitative estimate of drug-likeness (QED) is 0.679. The summed E-state index contributed by atoms with van der Waals surface area (Å²) in [7, 11) is 0. The largest absolute Gasteiger partial charge is 0.466 e. The van der Waals surface area contributed by atoms with Gasteiger partial charge in [0.1, 0.15) is 0 Å². The van der Waals surface area contributed by atoms with E-state index >= 15 is 0 Å². The van der Waals surface area contributed by atoms with Gasteiger partial charge in [0, 0.05) is 18.8 Å². The number of carbonyl (C=O) groups excluding carboxylic acids is 3. The van der Waals surface area contributed by atoms with Gasteiger partial charge in [0.05, 0.1) is 12.5 Å². The second kappa shape index (κ2) is 7.95. The molecule has 1 aromatic carbocycles. The highest BCUT2D eigenvalue weighted by atomic mass is 16.5. The van der Waals surface area contributed by atoms with E-state index in [1.54, 1.807) is 13.0 Å². The molecule has 1 unspecified atom stereocenters. The molecule has 0 aromatic heterocycles. The molecule has 0 saturated carbocycles. The van der Waals surface area contributed by atoms with E-state index in [4.69, 9.17) is 4.74 Å². The van der Waals surface area contributed by atoms with Crippen LogP contribution >= 0.6 is 0 Å². The minimum atomic E-state index is -0.678. The third-order valence-corrected chi connectivity index (χ3v) is 4.29. The molecular formula is C18H24N2O4. The van der Waals surface area contributed by atoms with Gasteiger partial charge in [0.2, 0.25) is 0 Å². The average molecular weight is 332 g/mol. The maximum Gasteiger partial charge on any atom is 0.313 e. The molecule has 1 aromatic rings. The second-order valence-corrected chi connectivity index (χ2v) is 6.10. The Hall–Kier alpha value is -2.37. The summed E-state index contributed by atoms with van der Waals surface area (Å²) in [6.45, 7) is 6.71. The number of rotatable bonds is 3. The van der Waals surface area contributed by atoms with Gasteiger partial charge >= 0.3 is 17.8 Å². The van der Waals surface area contributed by atoms with E-state index in [-0.39, 0.29) is 18.4 Å². The number of likely N-dealkylation sites (tertiary alicyclic amines) is 1. The number of hydrogen-bond donors (Lipinski definition) is 1. The van der Waals surface area contributed by atoms with Crippen molar-refractivity contribution in [3.8, 4) is 0 Å². The van der Waals surface area contributed by atoms with Gasteiger partial charge in [-0.15, -0.1) is 0 Å². The van der Waals surface area contributed by atoms with Crippen molar-refractivity contribution in [1.29, 1.82) is 0 Å². The SMILES string of the molecule is CCOC(=O)C1CCCN(C(=O)C(=O)Nc2ccc(C)c(C)c2)C1. The summed E-state index contributed by atoms with van der Waals surface area (Å²) in [6, 6.07) is 5.50. The number of anilines is 1. The molecule has 0 spiro atoms. The first-order valence-electron chi connectivity index (χ1n) is 8.26. The van der Waals surface area contributed by atoms with Crippen LogP contribution in [0.15, 0.2) is 18.2 Å². The Kier molecular flexibility index (Phi) is 5.95. The predicted octanol–water partition coefficient (Wildman–Crippen LogP) is 2.04. The van der Waals surface area contributed by atoms with Crippen LogP contribution in [0.5, 0.6) is 0 Å². The minimum absolute atomic E-state index is 0.234. The summed E-state index contributed by atoms with van der Waals surface area (Å²) >= 11 is 0. The summed E-state index contributed by atoms with van der Waals surface area (Å²) in [4.78, 5) is 37.8. The number of nitrogens with one attached hydrogen (secondary N) is 1. The molecule has 2 rings (SSSR count). The van der Waals surface area contributed by atoms with Crippen LogP contribution in [0.4, 0.5) is 5.69 Å². The highest BCUT2D eigenvalue weighted by molar-refractivity contribution is 6.39. The number of amides is 2. The van der Waals surface area contributed by atoms with Crippen molar-refractivity contribution in [3.63, 3.8) is 0 Å². The molecule has 24 heavy (non-hydrogen) atoms. The van der Waals surface area contributed by atoms with Crippen molar-refractivity contribution < 1.29 is 19.1 Å². The number of benzene rings is 1. The molecular weight excluding hydrogens is 308 g/mol. The molecule has 0 radical (unpaired) electrons. The zero-order chi connectivity index (χ0) is 17.7. The van der Waals surface area contributed by atoms with Crippen molar-refractivity contribution in [2.75, 3.05) is 25.0 Å². The lowest BCUT2D eigenvalue weighted by atomic mass is 9.98. The number of nitrogens with zero attached hydrogens (tertiary/aromatic N) is 1. The maximum absolute atomic E-state index is 12.3. The van der Waals surface area contributed by atoms with E-state index < -0.39 is 11.8 Å². The Morgan fingerprint density at radius 3 is 2.67 bits per heavy atom. The predicted molar refractivity (Wildman–Crippen MR) is 90.5 cm³/mol. The van der Waals surface area contributed by atoms with Gasteiger partial charge in [-0.05, 0) is 56.9 Å². The van der Waals surface area contributed by atoms with Crippen molar-refractivity contribution in [3.05, 3.63) is 29.3 Å². The Labute approximate surface area is 142 Å². The molecule has 1 aliphatic rings. The zero-order valence-corrected chi connectivity index (χ0v) is 14.4. The second-order valence-electron chi connectivity index (χ2n) is 6.10. The normalized spacial score (nSPS) is 17.3. The van der Waals surface area contributed by atoms with Gasteiger partial charge in [-0.2, -0.15) is 0 Å². The van der Waals surface area contributed by atoms with Gasteiger partial charge in [-0.1, -0.05) is 6.07 Å². The maximum atomic E-state index is 12.3. The Morgan fingerprint density at radius 2 is 2.00 bits per heavy atom. The zero-order valence-electron chi connectivity index (χ0n) is 14.4. The number of carbonyl (C=O) groups is 3. The molecule has 1 aliphatic heterocycles. The van der Waals surface area contributed by atoms with Gasteiger partial charge in [-0.25, -0.2) is 0 Å². The lowest BCUT2D eigenvalue weighted by molar-refractivity contribution is -0.153. The third kappa shape index (κ3) is 4.34. The van der Waals surface area contributed by atoms with Crippen LogP contribution in [0, 0.1) is 19.8 Å². The molecule has 0 bridgehead atoms. The summed E-state index contributed by atoms with van der Waals surface area (Å²) < 4.78 is 5.01. The van der Waals surface area contributed by atoms with E-state index in [1.807, 2.05) is 26.0 Å². The molecule has 6 heteroatoms. The number of ether oxygens (including phenoxy) is 1. The van der Waals surface area contributed by atoms with E-state index in [0.29, 0.717) is 31.7 Å². The summed E-state index contributed by atoms with van der Waals surface area (Å²) in [5.74, 6) is -1.94. The van der Waals surface area contributed by atoms with Crippen LogP contribution in [0.3, 0.4) is 0 Å². The van der Waals surface area contributed by atoms with Crippen molar-refractivity contribution >= 4 is 23.5 Å². The van der Waals surface area contributed by atoms with Crippen LogP contribution in [0.1, 0.15) is 30.9 Å². The van der Waals surface area contributed by atoms with Crippen molar-refractivity contribution in [2.24, 2.45) is 5.92 Å². The minimum Gasteiger partial charge on any atom is -0.466 e. The standard InChI is InChI=1S/C18H24N2O4/c1-4-24-18(23)14-6-5-9-20(11-14)17(22)16(21)19-15-8-7-12(2)13(3)10-15/h7-8,10,14H,4-6,9,11H2,1-3H3,(H,19,21). The number of esters is 1. The average Bonchev–Trinajstić information content (AvgIpc) is 2.57. The third-order valence-electron chi connectivity index (χ3n) is 4.29. The van der Waals surface area contributed by atoms with Gasteiger partial charge in [0.25, 0.3) is 0 Å². The van der Waals surface area contributed by atoms with E-state index in [2.05, 4.69) is 5.32 Å². The van der Waals surface area contributed by atoms with E-state index in [0.717, 1.165) is 11.1 Å². The molecule has 2 amide bonds. The Bertz CT molecular complexity index is 642. The molecule has 1 saturated heterocycles.